The molecule has 1 aliphatic rings. The molecule has 1 heterocycles. The van der Waals surface area contributed by atoms with Crippen LogP contribution in [0.4, 0.5) is 0 Å². The van der Waals surface area contributed by atoms with E-state index in [-0.39, 0.29) is 23.1 Å². The second kappa shape index (κ2) is 9.47. The summed E-state index contributed by atoms with van der Waals surface area (Å²) in [7, 11) is 0. The van der Waals surface area contributed by atoms with Crippen molar-refractivity contribution in [3.05, 3.63) is 71.6 Å². The summed E-state index contributed by atoms with van der Waals surface area (Å²) in [5.74, 6) is 0.558. The lowest BCUT2D eigenvalue weighted by Crippen LogP contribution is -2.46. The van der Waals surface area contributed by atoms with Crippen molar-refractivity contribution in [2.75, 3.05) is 13.1 Å². The number of nitrogens with two attached hydrogens (primary N) is 2. The lowest BCUT2D eigenvalue weighted by Gasteiger charge is -2.30. The number of rotatable bonds is 7. The predicted molar refractivity (Wildman–Crippen MR) is 114 cm³/mol. The Morgan fingerprint density at radius 1 is 1.13 bits per heavy atom. The number of primary amides is 1. The average Bonchev–Trinajstić information content (AvgIpc) is 2.75. The molecule has 1 amide bonds. The standard InChI is InChI=1S/C22H24N6O2/c23-14-28-12-4-5-16(13-28)27-21(25)19(22(26)29)20(24)15-8-10-18(11-9-15)30-17-6-2-1-3-7-17/h1-3,6-11,16,24,27H,4-5,12-13,25H2,(H2,26,29)/b21-19+,24-20?/t16-/m1/s1. The topological polar surface area (TPSA) is 141 Å². The Kier molecular flexibility index (Phi) is 6.55. The molecule has 0 radical (unpaired) electrons. The summed E-state index contributed by atoms with van der Waals surface area (Å²) in [6.07, 6.45) is 3.77. The molecule has 3 rings (SSSR count). The Morgan fingerprint density at radius 2 is 1.80 bits per heavy atom. The van der Waals surface area contributed by atoms with Gasteiger partial charge in [-0.15, -0.1) is 0 Å². The zero-order valence-electron chi connectivity index (χ0n) is 16.5. The third-order valence-corrected chi connectivity index (χ3v) is 4.81. The van der Waals surface area contributed by atoms with Crippen molar-refractivity contribution in [1.29, 1.82) is 10.7 Å². The number of ether oxygens (including phenoxy) is 1. The first-order valence-electron chi connectivity index (χ1n) is 9.61. The van der Waals surface area contributed by atoms with E-state index < -0.39 is 5.91 Å². The van der Waals surface area contributed by atoms with Crippen molar-refractivity contribution in [1.82, 2.24) is 10.2 Å². The van der Waals surface area contributed by atoms with Gasteiger partial charge in [0, 0.05) is 24.7 Å². The molecule has 6 N–H and O–H groups in total. The van der Waals surface area contributed by atoms with Gasteiger partial charge < -0.3 is 26.4 Å². The van der Waals surface area contributed by atoms with Gasteiger partial charge in [-0.05, 0) is 49.2 Å². The summed E-state index contributed by atoms with van der Waals surface area (Å²) in [5, 5.41) is 20.6. The Morgan fingerprint density at radius 3 is 2.43 bits per heavy atom. The highest BCUT2D eigenvalue weighted by molar-refractivity contribution is 6.26. The first-order chi connectivity index (χ1) is 14.5. The molecule has 2 aromatic rings. The summed E-state index contributed by atoms with van der Waals surface area (Å²) in [6.45, 7) is 1.19. The SMILES string of the molecule is N#CN1CCC[C@@H](N/C(N)=C(\C(=N)c2ccc(Oc3ccccc3)cc2)C(N)=O)C1. The van der Waals surface area contributed by atoms with Gasteiger partial charge in [0.2, 0.25) is 0 Å². The second-order valence-electron chi connectivity index (χ2n) is 7.00. The molecule has 0 spiro atoms. The van der Waals surface area contributed by atoms with E-state index in [0.29, 0.717) is 30.2 Å². The number of hydrogen-bond acceptors (Lipinski definition) is 7. The Hall–Kier alpha value is -3.99. The van der Waals surface area contributed by atoms with Crippen molar-refractivity contribution in [3.63, 3.8) is 0 Å². The number of carbonyl (C=O) groups is 1. The number of benzene rings is 2. The molecule has 1 saturated heterocycles. The van der Waals surface area contributed by atoms with E-state index in [1.807, 2.05) is 30.3 Å². The van der Waals surface area contributed by atoms with E-state index in [1.54, 1.807) is 29.2 Å². The van der Waals surface area contributed by atoms with Gasteiger partial charge in [0.1, 0.15) is 22.9 Å². The molecule has 30 heavy (non-hydrogen) atoms. The summed E-state index contributed by atoms with van der Waals surface area (Å²) >= 11 is 0. The molecule has 0 unspecified atom stereocenters. The zero-order chi connectivity index (χ0) is 21.5. The summed E-state index contributed by atoms with van der Waals surface area (Å²) in [6, 6.07) is 16.0. The quantitative estimate of drug-likeness (QED) is 0.316. The largest absolute Gasteiger partial charge is 0.457 e. The second-order valence-corrected chi connectivity index (χ2v) is 7.00. The third-order valence-electron chi connectivity index (χ3n) is 4.81. The highest BCUT2D eigenvalue weighted by Gasteiger charge is 2.23. The maximum atomic E-state index is 12.0. The van der Waals surface area contributed by atoms with Crippen LogP contribution < -0.4 is 21.5 Å². The number of piperidine rings is 1. The van der Waals surface area contributed by atoms with Crippen LogP contribution in [-0.2, 0) is 4.79 Å². The van der Waals surface area contributed by atoms with Crippen LogP contribution in [0.15, 0.2) is 66.0 Å². The summed E-state index contributed by atoms with van der Waals surface area (Å²) in [4.78, 5) is 13.7. The molecule has 0 saturated carbocycles. The number of para-hydroxylation sites is 1. The number of amides is 1. The Bertz CT molecular complexity index is 979. The Labute approximate surface area is 175 Å². The lowest BCUT2D eigenvalue weighted by molar-refractivity contribution is -0.114. The van der Waals surface area contributed by atoms with E-state index in [4.69, 9.17) is 26.9 Å². The molecule has 2 aromatic carbocycles. The van der Waals surface area contributed by atoms with E-state index in [1.165, 1.54) is 0 Å². The normalized spacial score (nSPS) is 16.8. The van der Waals surface area contributed by atoms with Crippen LogP contribution in [0, 0.1) is 16.9 Å². The van der Waals surface area contributed by atoms with Crippen LogP contribution in [0.25, 0.3) is 0 Å². The maximum Gasteiger partial charge on any atom is 0.254 e. The highest BCUT2D eigenvalue weighted by atomic mass is 16.5. The fraction of sp³-hybridized carbons (Fsp3) is 0.227. The summed E-state index contributed by atoms with van der Waals surface area (Å²) in [5.41, 5.74) is 12.0. The number of hydrogen-bond donors (Lipinski definition) is 4. The van der Waals surface area contributed by atoms with Crippen molar-refractivity contribution in [2.45, 2.75) is 18.9 Å². The minimum atomic E-state index is -0.789. The Balaban J connectivity index is 1.75. The first kappa shape index (κ1) is 20.7. The van der Waals surface area contributed by atoms with Gasteiger partial charge in [0.25, 0.3) is 5.91 Å². The maximum absolute atomic E-state index is 12.0. The minimum absolute atomic E-state index is 0.0434. The van der Waals surface area contributed by atoms with Crippen molar-refractivity contribution in [3.8, 4) is 17.7 Å². The zero-order valence-corrected chi connectivity index (χ0v) is 16.5. The van der Waals surface area contributed by atoms with Crippen LogP contribution in [0.3, 0.4) is 0 Å². The van der Waals surface area contributed by atoms with Crippen LogP contribution >= 0.6 is 0 Å². The van der Waals surface area contributed by atoms with E-state index >= 15 is 0 Å². The fourth-order valence-corrected chi connectivity index (χ4v) is 3.33. The predicted octanol–water partition coefficient (Wildman–Crippen LogP) is 2.04. The van der Waals surface area contributed by atoms with Crippen LogP contribution in [0.5, 0.6) is 11.5 Å². The van der Waals surface area contributed by atoms with Gasteiger partial charge in [0.15, 0.2) is 6.19 Å². The van der Waals surface area contributed by atoms with E-state index in [0.717, 1.165) is 12.8 Å². The van der Waals surface area contributed by atoms with Crippen molar-refractivity contribution >= 4 is 11.6 Å². The van der Waals surface area contributed by atoms with Crippen molar-refractivity contribution in [2.24, 2.45) is 11.5 Å². The minimum Gasteiger partial charge on any atom is -0.457 e. The average molecular weight is 404 g/mol. The van der Waals surface area contributed by atoms with Crippen molar-refractivity contribution < 1.29 is 9.53 Å². The molecule has 8 nitrogen and oxygen atoms in total. The number of nitrogens with zero attached hydrogens (tertiary/aromatic N) is 2. The molecular formula is C22H24N6O2. The molecule has 8 heteroatoms. The summed E-state index contributed by atoms with van der Waals surface area (Å²) < 4.78 is 5.75. The molecule has 0 aliphatic carbocycles. The lowest BCUT2D eigenvalue weighted by atomic mass is 10.0. The third kappa shape index (κ3) is 5.08. The van der Waals surface area contributed by atoms with Gasteiger partial charge in [-0.25, -0.2) is 0 Å². The number of nitrogens with one attached hydrogen (secondary N) is 2. The van der Waals surface area contributed by atoms with Gasteiger partial charge in [-0.3, -0.25) is 10.2 Å². The number of carbonyl (C=O) groups excluding carboxylic acids is 1. The monoisotopic (exact) mass is 404 g/mol. The first-order valence-corrected chi connectivity index (χ1v) is 9.61. The number of nitriles is 1. The fourth-order valence-electron chi connectivity index (χ4n) is 3.33. The van der Waals surface area contributed by atoms with Gasteiger partial charge in [-0.2, -0.15) is 5.26 Å². The molecule has 0 aromatic heterocycles. The molecule has 154 valence electrons. The van der Waals surface area contributed by atoms with Crippen LogP contribution in [0.1, 0.15) is 18.4 Å². The number of likely N-dealkylation sites (tertiary alicyclic amines) is 1. The molecular weight excluding hydrogens is 380 g/mol. The molecule has 1 fully saturated rings. The molecule has 0 bridgehead atoms. The molecule has 1 atom stereocenters. The van der Waals surface area contributed by atoms with E-state index in [2.05, 4.69) is 11.5 Å². The van der Waals surface area contributed by atoms with Crippen LogP contribution in [0.2, 0.25) is 0 Å². The molecule has 1 aliphatic heterocycles. The van der Waals surface area contributed by atoms with Crippen LogP contribution in [-0.4, -0.2) is 35.7 Å². The highest BCUT2D eigenvalue weighted by Crippen LogP contribution is 2.22. The van der Waals surface area contributed by atoms with Gasteiger partial charge >= 0.3 is 0 Å². The van der Waals surface area contributed by atoms with E-state index in [9.17, 15) is 4.79 Å². The van der Waals surface area contributed by atoms with Gasteiger partial charge in [-0.1, -0.05) is 18.2 Å². The van der Waals surface area contributed by atoms with Gasteiger partial charge in [0.05, 0.1) is 5.71 Å². The smallest absolute Gasteiger partial charge is 0.254 e.